The van der Waals surface area contributed by atoms with Crippen LogP contribution in [0.1, 0.15) is 84.0 Å². The zero-order valence-corrected chi connectivity index (χ0v) is 19.2. The lowest BCUT2D eigenvalue weighted by Crippen LogP contribution is -2.14. The molecule has 1 aromatic rings. The molecule has 4 nitrogen and oxygen atoms in total. The van der Waals surface area contributed by atoms with Gasteiger partial charge in [-0.1, -0.05) is 70.4 Å². The summed E-state index contributed by atoms with van der Waals surface area (Å²) in [6.45, 7) is 1.92. The maximum atomic E-state index is 11.3. The van der Waals surface area contributed by atoms with E-state index in [1.807, 2.05) is 36.9 Å². The van der Waals surface area contributed by atoms with Crippen molar-refractivity contribution < 1.29 is 19.8 Å². The molecule has 1 aromatic carbocycles. The zero-order valence-electron chi connectivity index (χ0n) is 17.6. The van der Waals surface area contributed by atoms with Gasteiger partial charge >= 0.3 is 11.9 Å². The summed E-state index contributed by atoms with van der Waals surface area (Å²) >= 11 is 3.30. The molecule has 2 N–H and O–H groups in total. The maximum Gasteiger partial charge on any atom is 0.316 e. The molecule has 0 aromatic heterocycles. The van der Waals surface area contributed by atoms with E-state index in [4.69, 9.17) is 5.11 Å². The molecule has 1 rings (SSSR count). The number of carboxylic acids is 2. The maximum absolute atomic E-state index is 11.3. The monoisotopic (exact) mass is 440 g/mol. The van der Waals surface area contributed by atoms with E-state index in [1.54, 1.807) is 0 Å². The standard InChI is InChI=1S/C23H36O4S2/c1-2-19(23(26)27)29-21-16-13-12-15-20(21)28-18-14-10-8-6-4-3-5-7-9-11-17-22(24)25/h12-13,15-16,19H,2-11,14,17-18H2,1H3,(H,24,25)(H,26,27). The molecule has 0 fully saturated rings. The Balaban J connectivity index is 2.08. The molecular formula is C23H36O4S2. The fraction of sp³-hybridized carbons (Fsp3) is 0.652. The van der Waals surface area contributed by atoms with E-state index in [0.29, 0.717) is 12.8 Å². The van der Waals surface area contributed by atoms with Crippen molar-refractivity contribution in [3.05, 3.63) is 24.3 Å². The quantitative estimate of drug-likeness (QED) is 0.187. The molecule has 6 heteroatoms. The molecule has 29 heavy (non-hydrogen) atoms. The fourth-order valence-corrected chi connectivity index (χ4v) is 5.29. The molecule has 0 spiro atoms. The number of carboxylic acid groups (broad SMARTS) is 2. The average Bonchev–Trinajstić information content (AvgIpc) is 2.70. The lowest BCUT2D eigenvalue weighted by molar-refractivity contribution is -0.137. The van der Waals surface area contributed by atoms with Crippen LogP contribution in [-0.4, -0.2) is 33.2 Å². The second-order valence-electron chi connectivity index (χ2n) is 7.33. The number of rotatable bonds is 18. The van der Waals surface area contributed by atoms with Gasteiger partial charge in [-0.2, -0.15) is 0 Å². The average molecular weight is 441 g/mol. The summed E-state index contributed by atoms with van der Waals surface area (Å²) in [6.07, 6.45) is 12.7. The van der Waals surface area contributed by atoms with E-state index in [-0.39, 0.29) is 5.25 Å². The van der Waals surface area contributed by atoms with Gasteiger partial charge in [0.2, 0.25) is 0 Å². The molecule has 0 radical (unpaired) electrons. The Morgan fingerprint density at radius 1 is 0.828 bits per heavy atom. The van der Waals surface area contributed by atoms with Gasteiger partial charge in [-0.15, -0.1) is 23.5 Å². The minimum absolute atomic E-state index is 0.305. The van der Waals surface area contributed by atoms with E-state index < -0.39 is 11.9 Å². The number of hydrogen-bond acceptors (Lipinski definition) is 4. The van der Waals surface area contributed by atoms with Gasteiger partial charge in [-0.3, -0.25) is 9.59 Å². The summed E-state index contributed by atoms with van der Waals surface area (Å²) in [7, 11) is 0. The summed E-state index contributed by atoms with van der Waals surface area (Å²) in [6, 6.07) is 8.13. The van der Waals surface area contributed by atoms with Gasteiger partial charge < -0.3 is 10.2 Å². The number of carbonyl (C=O) groups is 2. The highest BCUT2D eigenvalue weighted by molar-refractivity contribution is 8.03. The van der Waals surface area contributed by atoms with E-state index in [9.17, 15) is 14.7 Å². The Hall–Kier alpha value is -1.14. The normalized spacial score (nSPS) is 12.0. The van der Waals surface area contributed by atoms with Crippen molar-refractivity contribution in [2.45, 2.75) is 99.0 Å². The van der Waals surface area contributed by atoms with Crippen LogP contribution in [0.3, 0.4) is 0 Å². The third kappa shape index (κ3) is 12.9. The Morgan fingerprint density at radius 2 is 1.34 bits per heavy atom. The SMILES string of the molecule is CCC(Sc1ccccc1SCCCCCCCCCCCCC(=O)O)C(=O)O. The van der Waals surface area contributed by atoms with Gasteiger partial charge in [0.15, 0.2) is 0 Å². The molecule has 1 atom stereocenters. The molecule has 0 saturated carbocycles. The fourth-order valence-electron chi connectivity index (χ4n) is 3.10. The largest absolute Gasteiger partial charge is 0.481 e. The Labute approximate surface area is 184 Å². The van der Waals surface area contributed by atoms with Crippen molar-refractivity contribution in [3.63, 3.8) is 0 Å². The highest BCUT2D eigenvalue weighted by atomic mass is 32.2. The van der Waals surface area contributed by atoms with Crippen LogP contribution < -0.4 is 0 Å². The van der Waals surface area contributed by atoms with Gasteiger partial charge in [0.05, 0.1) is 0 Å². The van der Waals surface area contributed by atoms with Crippen molar-refractivity contribution in [2.24, 2.45) is 0 Å². The van der Waals surface area contributed by atoms with Crippen molar-refractivity contribution in [3.8, 4) is 0 Å². The predicted octanol–water partition coefficient (Wildman–Crippen LogP) is 7.11. The van der Waals surface area contributed by atoms with Crippen LogP contribution in [0.15, 0.2) is 34.1 Å². The van der Waals surface area contributed by atoms with Gasteiger partial charge in [0.1, 0.15) is 5.25 Å². The van der Waals surface area contributed by atoms with Crippen LogP contribution >= 0.6 is 23.5 Å². The third-order valence-corrected chi connectivity index (χ3v) is 7.53. The van der Waals surface area contributed by atoms with Gasteiger partial charge in [-0.05, 0) is 37.1 Å². The van der Waals surface area contributed by atoms with Crippen molar-refractivity contribution in [1.82, 2.24) is 0 Å². The van der Waals surface area contributed by atoms with Crippen LogP contribution in [0, 0.1) is 0 Å². The summed E-state index contributed by atoms with van der Waals surface area (Å²) in [5.74, 6) is -0.348. The van der Waals surface area contributed by atoms with E-state index in [1.165, 1.54) is 61.6 Å². The first kappa shape index (κ1) is 25.9. The van der Waals surface area contributed by atoms with Crippen LogP contribution in [0.5, 0.6) is 0 Å². The molecule has 0 aliphatic heterocycles. The summed E-state index contributed by atoms with van der Waals surface area (Å²) < 4.78 is 0. The predicted molar refractivity (Wildman–Crippen MR) is 123 cm³/mol. The lowest BCUT2D eigenvalue weighted by atomic mass is 10.1. The van der Waals surface area contributed by atoms with E-state index in [2.05, 4.69) is 6.07 Å². The summed E-state index contributed by atoms with van der Waals surface area (Å²) in [5, 5.41) is 17.5. The summed E-state index contributed by atoms with van der Waals surface area (Å²) in [5.41, 5.74) is 0. The summed E-state index contributed by atoms with van der Waals surface area (Å²) in [4.78, 5) is 24.0. The number of unbranched alkanes of at least 4 members (excludes halogenated alkanes) is 9. The highest BCUT2D eigenvalue weighted by Crippen LogP contribution is 2.34. The molecule has 0 heterocycles. The molecule has 0 aliphatic carbocycles. The van der Waals surface area contributed by atoms with Crippen LogP contribution in [0.2, 0.25) is 0 Å². The van der Waals surface area contributed by atoms with E-state index >= 15 is 0 Å². The first-order valence-electron chi connectivity index (χ1n) is 10.9. The van der Waals surface area contributed by atoms with Crippen LogP contribution in [-0.2, 0) is 9.59 Å². The molecule has 0 bridgehead atoms. The Kier molecular flexibility index (Phi) is 14.9. The molecular weight excluding hydrogens is 404 g/mol. The zero-order chi connectivity index (χ0) is 21.3. The Bertz CT molecular complexity index is 592. The topological polar surface area (TPSA) is 74.6 Å². The van der Waals surface area contributed by atoms with Gasteiger partial charge in [0, 0.05) is 16.2 Å². The number of thioether (sulfide) groups is 2. The first-order valence-corrected chi connectivity index (χ1v) is 12.7. The molecule has 164 valence electrons. The smallest absolute Gasteiger partial charge is 0.316 e. The van der Waals surface area contributed by atoms with Gasteiger partial charge in [-0.25, -0.2) is 0 Å². The number of hydrogen-bond donors (Lipinski definition) is 2. The van der Waals surface area contributed by atoms with Crippen LogP contribution in [0.4, 0.5) is 0 Å². The third-order valence-electron chi connectivity index (χ3n) is 4.81. The number of benzene rings is 1. The van der Waals surface area contributed by atoms with Crippen molar-refractivity contribution in [2.75, 3.05) is 5.75 Å². The molecule has 0 saturated heterocycles. The minimum Gasteiger partial charge on any atom is -0.481 e. The van der Waals surface area contributed by atoms with Crippen molar-refractivity contribution >= 4 is 35.5 Å². The first-order chi connectivity index (χ1) is 14.0. The van der Waals surface area contributed by atoms with Gasteiger partial charge in [0.25, 0.3) is 0 Å². The molecule has 0 aliphatic rings. The van der Waals surface area contributed by atoms with E-state index in [0.717, 1.165) is 29.9 Å². The Morgan fingerprint density at radius 3 is 1.86 bits per heavy atom. The minimum atomic E-state index is -0.738. The second-order valence-corrected chi connectivity index (χ2v) is 9.71. The molecule has 0 amide bonds. The van der Waals surface area contributed by atoms with Crippen molar-refractivity contribution in [1.29, 1.82) is 0 Å². The second kappa shape index (κ2) is 16.6. The highest BCUT2D eigenvalue weighted by Gasteiger charge is 2.18. The number of aliphatic carboxylic acids is 2. The van der Waals surface area contributed by atoms with Crippen LogP contribution in [0.25, 0.3) is 0 Å². The lowest BCUT2D eigenvalue weighted by Gasteiger charge is -2.13. The molecule has 1 unspecified atom stereocenters.